The van der Waals surface area contributed by atoms with E-state index in [0.29, 0.717) is 6.42 Å². The molecule has 2 aromatic rings. The second kappa shape index (κ2) is 3.81. The van der Waals surface area contributed by atoms with E-state index in [1.54, 1.807) is 6.92 Å². The van der Waals surface area contributed by atoms with Crippen molar-refractivity contribution in [2.45, 2.75) is 13.3 Å². The van der Waals surface area contributed by atoms with E-state index in [2.05, 4.69) is 32.6 Å². The molecule has 0 radical (unpaired) electrons. The molecule has 0 spiro atoms. The summed E-state index contributed by atoms with van der Waals surface area (Å²) in [5.74, 6) is 0.192. The number of nitrogens with zero attached hydrogens (tertiary/aromatic N) is 1. The Bertz CT molecular complexity index is 528. The Morgan fingerprint density at radius 2 is 2.20 bits per heavy atom. The lowest BCUT2D eigenvalue weighted by molar-refractivity contribution is -0.116. The summed E-state index contributed by atoms with van der Waals surface area (Å²) < 4.78 is 3.15. The first kappa shape index (κ1) is 10.4. The van der Waals surface area contributed by atoms with Gasteiger partial charge in [0.1, 0.15) is 5.78 Å². The predicted octanol–water partition coefficient (Wildman–Crippen LogP) is 3.07. The van der Waals surface area contributed by atoms with Crippen molar-refractivity contribution in [1.29, 1.82) is 0 Å². The minimum atomic E-state index is 0.192. The molecule has 0 atom stereocenters. The lowest BCUT2D eigenvalue weighted by Crippen LogP contribution is -2.02. The van der Waals surface area contributed by atoms with E-state index in [-0.39, 0.29) is 5.78 Å². The molecule has 0 aliphatic heterocycles. The molecule has 3 heteroatoms. The fourth-order valence-corrected chi connectivity index (χ4v) is 2.27. The van der Waals surface area contributed by atoms with Gasteiger partial charge >= 0.3 is 0 Å². The third-order valence-corrected chi connectivity index (χ3v) is 3.25. The minimum absolute atomic E-state index is 0.192. The number of aromatic nitrogens is 1. The second-order valence-corrected chi connectivity index (χ2v) is 4.60. The molecule has 0 fully saturated rings. The third-order valence-electron chi connectivity index (χ3n) is 2.56. The molecule has 1 heterocycles. The van der Waals surface area contributed by atoms with Gasteiger partial charge in [0, 0.05) is 34.5 Å². The van der Waals surface area contributed by atoms with Gasteiger partial charge in [-0.3, -0.25) is 4.79 Å². The molecule has 2 rings (SSSR count). The number of hydrogen-bond donors (Lipinski definition) is 0. The number of carbonyl (C=O) groups excluding carboxylic acids is 1. The quantitative estimate of drug-likeness (QED) is 0.818. The van der Waals surface area contributed by atoms with Crippen LogP contribution in [0.1, 0.15) is 12.6 Å². The fraction of sp³-hybridized carbons (Fsp3) is 0.250. The van der Waals surface area contributed by atoms with Crippen LogP contribution in [-0.4, -0.2) is 10.4 Å². The van der Waals surface area contributed by atoms with Gasteiger partial charge in [-0.15, -0.1) is 0 Å². The maximum absolute atomic E-state index is 11.1. The fourth-order valence-electron chi connectivity index (χ4n) is 1.80. The molecular formula is C12H12BrNO. The monoisotopic (exact) mass is 265 g/mol. The first-order valence-corrected chi connectivity index (χ1v) is 5.61. The molecule has 0 N–H and O–H groups in total. The normalized spacial score (nSPS) is 10.9. The van der Waals surface area contributed by atoms with Crippen LogP contribution >= 0.6 is 15.9 Å². The van der Waals surface area contributed by atoms with Crippen molar-refractivity contribution in [2.24, 2.45) is 7.05 Å². The van der Waals surface area contributed by atoms with Crippen LogP contribution in [-0.2, 0) is 18.3 Å². The summed E-state index contributed by atoms with van der Waals surface area (Å²) in [6, 6.07) is 8.15. The Morgan fingerprint density at radius 3 is 2.80 bits per heavy atom. The van der Waals surface area contributed by atoms with Crippen LogP contribution in [0.5, 0.6) is 0 Å². The molecule has 0 aliphatic rings. The maximum atomic E-state index is 11.1. The molecule has 1 aromatic heterocycles. The average Bonchev–Trinajstić information content (AvgIpc) is 2.46. The number of fused-ring (bicyclic) bond motifs is 1. The number of ketones is 1. The van der Waals surface area contributed by atoms with Gasteiger partial charge in [0.2, 0.25) is 0 Å². The zero-order chi connectivity index (χ0) is 11.0. The van der Waals surface area contributed by atoms with Gasteiger partial charge in [-0.1, -0.05) is 22.0 Å². The minimum Gasteiger partial charge on any atom is -0.347 e. The molecule has 2 nitrogen and oxygen atoms in total. The van der Waals surface area contributed by atoms with Crippen LogP contribution in [0.4, 0.5) is 0 Å². The summed E-state index contributed by atoms with van der Waals surface area (Å²) >= 11 is 3.51. The van der Waals surface area contributed by atoms with Gasteiger partial charge < -0.3 is 4.57 Å². The van der Waals surface area contributed by atoms with Gasteiger partial charge in [0.15, 0.2) is 0 Å². The number of carbonyl (C=O) groups is 1. The number of Topliss-reactive ketones (excluding diaryl/α,β-unsaturated/α-hetero) is 1. The lowest BCUT2D eigenvalue weighted by Gasteiger charge is -2.01. The van der Waals surface area contributed by atoms with E-state index in [1.807, 2.05) is 19.2 Å². The highest BCUT2D eigenvalue weighted by Crippen LogP contribution is 2.26. The van der Waals surface area contributed by atoms with E-state index < -0.39 is 0 Å². The van der Waals surface area contributed by atoms with E-state index >= 15 is 0 Å². The predicted molar refractivity (Wildman–Crippen MR) is 65.0 cm³/mol. The first-order valence-electron chi connectivity index (χ1n) is 4.82. The molecule has 15 heavy (non-hydrogen) atoms. The average molecular weight is 266 g/mol. The van der Waals surface area contributed by atoms with Crippen LogP contribution in [0.25, 0.3) is 10.9 Å². The van der Waals surface area contributed by atoms with Crippen molar-refractivity contribution < 1.29 is 4.79 Å². The molecule has 0 saturated heterocycles. The highest BCUT2D eigenvalue weighted by molar-refractivity contribution is 9.10. The van der Waals surface area contributed by atoms with Crippen LogP contribution < -0.4 is 0 Å². The van der Waals surface area contributed by atoms with Crippen LogP contribution in [0.2, 0.25) is 0 Å². The summed E-state index contributed by atoms with van der Waals surface area (Å²) in [7, 11) is 1.99. The topological polar surface area (TPSA) is 22.0 Å². The van der Waals surface area contributed by atoms with Gasteiger partial charge in [-0.25, -0.2) is 0 Å². The highest BCUT2D eigenvalue weighted by Gasteiger charge is 2.08. The van der Waals surface area contributed by atoms with Crippen molar-refractivity contribution in [3.05, 3.63) is 34.4 Å². The van der Waals surface area contributed by atoms with E-state index in [9.17, 15) is 4.79 Å². The zero-order valence-corrected chi connectivity index (χ0v) is 10.3. The molecule has 0 saturated carbocycles. The van der Waals surface area contributed by atoms with E-state index in [1.165, 1.54) is 0 Å². The number of benzene rings is 1. The van der Waals surface area contributed by atoms with Crippen molar-refractivity contribution in [3.8, 4) is 0 Å². The molecule has 0 bridgehead atoms. The standard InChI is InChI=1S/C12H12BrNO/c1-8(15)6-9-7-10-11(13)4-3-5-12(10)14(9)2/h3-5,7H,6H2,1-2H3. The van der Waals surface area contributed by atoms with Crippen molar-refractivity contribution in [2.75, 3.05) is 0 Å². The smallest absolute Gasteiger partial charge is 0.135 e. The Kier molecular flexibility index (Phi) is 2.65. The number of halogens is 1. The van der Waals surface area contributed by atoms with Gasteiger partial charge in [0.05, 0.1) is 0 Å². The Hall–Kier alpha value is -1.09. The maximum Gasteiger partial charge on any atom is 0.135 e. The number of hydrogen-bond acceptors (Lipinski definition) is 1. The van der Waals surface area contributed by atoms with Crippen molar-refractivity contribution in [1.82, 2.24) is 4.57 Å². The number of aryl methyl sites for hydroxylation is 1. The van der Waals surface area contributed by atoms with Crippen molar-refractivity contribution in [3.63, 3.8) is 0 Å². The van der Waals surface area contributed by atoms with E-state index in [0.717, 1.165) is 21.1 Å². The van der Waals surface area contributed by atoms with Gasteiger partial charge in [-0.2, -0.15) is 0 Å². The molecule has 1 aromatic carbocycles. The summed E-state index contributed by atoms with van der Waals surface area (Å²) in [5.41, 5.74) is 2.21. The summed E-state index contributed by atoms with van der Waals surface area (Å²) in [5, 5.41) is 1.16. The summed E-state index contributed by atoms with van der Waals surface area (Å²) in [4.78, 5) is 11.1. The third kappa shape index (κ3) is 1.84. The SMILES string of the molecule is CC(=O)Cc1cc2c(Br)cccc2n1C. The molecule has 0 amide bonds. The highest BCUT2D eigenvalue weighted by atomic mass is 79.9. The first-order chi connectivity index (χ1) is 7.09. The van der Waals surface area contributed by atoms with Gasteiger partial charge in [-0.05, 0) is 25.1 Å². The zero-order valence-electron chi connectivity index (χ0n) is 8.75. The Labute approximate surface area is 97.0 Å². The molecule has 0 aliphatic carbocycles. The second-order valence-electron chi connectivity index (χ2n) is 3.75. The number of rotatable bonds is 2. The van der Waals surface area contributed by atoms with Crippen molar-refractivity contribution >= 4 is 32.6 Å². The molecule has 78 valence electrons. The Balaban J connectivity index is 2.64. The van der Waals surface area contributed by atoms with E-state index in [4.69, 9.17) is 0 Å². The molecular weight excluding hydrogens is 254 g/mol. The van der Waals surface area contributed by atoms with Crippen LogP contribution in [0.15, 0.2) is 28.7 Å². The van der Waals surface area contributed by atoms with Gasteiger partial charge in [0.25, 0.3) is 0 Å². The largest absolute Gasteiger partial charge is 0.347 e. The molecule has 0 unspecified atom stereocenters. The van der Waals surface area contributed by atoms with Crippen LogP contribution in [0.3, 0.4) is 0 Å². The van der Waals surface area contributed by atoms with Crippen LogP contribution in [0, 0.1) is 0 Å². The summed E-state index contributed by atoms with van der Waals surface area (Å²) in [6.07, 6.45) is 0.498. The lowest BCUT2D eigenvalue weighted by atomic mass is 10.2. The Morgan fingerprint density at radius 1 is 1.47 bits per heavy atom. The summed E-state index contributed by atoms with van der Waals surface area (Å²) in [6.45, 7) is 1.62.